The fraction of sp³-hybridized carbons (Fsp3) is 0.762. The van der Waals surface area contributed by atoms with E-state index in [9.17, 15) is 73.8 Å². The molecule has 6 rings (SSSR count). The van der Waals surface area contributed by atoms with Crippen molar-refractivity contribution in [2.45, 2.75) is 269 Å². The highest BCUT2D eigenvalue weighted by atomic mass is 16.6. The van der Waals surface area contributed by atoms with Crippen molar-refractivity contribution in [3.63, 3.8) is 0 Å². The van der Waals surface area contributed by atoms with Crippen molar-refractivity contribution in [3.8, 4) is 0 Å². The van der Waals surface area contributed by atoms with E-state index in [1.807, 2.05) is 32.0 Å². The molecule has 0 spiro atoms. The number of aromatic nitrogens is 3. The molecule has 4 heterocycles. The molecule has 20 atom stereocenters. The number of benzene rings is 1. The van der Waals surface area contributed by atoms with Crippen LogP contribution < -0.4 is 31.9 Å². The van der Waals surface area contributed by atoms with Crippen LogP contribution in [0.2, 0.25) is 0 Å². The summed E-state index contributed by atoms with van der Waals surface area (Å²) in [5.74, 6) is -7.69. The van der Waals surface area contributed by atoms with Crippen molar-refractivity contribution < 1.29 is 116 Å². The second-order valence-corrected chi connectivity index (χ2v) is 33.0. The van der Waals surface area contributed by atoms with Gasteiger partial charge in [0.05, 0.1) is 114 Å². The lowest BCUT2D eigenvalue weighted by atomic mass is 9.89. The smallest absolute Gasteiger partial charge is 0.248 e. The monoisotopic (exact) mass is 1710 g/mol. The lowest BCUT2D eigenvalue weighted by molar-refractivity contribution is -0.254. The fourth-order valence-electron chi connectivity index (χ4n) is 15.9. The molecular weight excluding hydrogens is 1570 g/mol. The summed E-state index contributed by atoms with van der Waals surface area (Å²) >= 11 is 0. The highest BCUT2D eigenvalue weighted by Gasteiger charge is 2.48. The maximum Gasteiger partial charge on any atom is 0.248 e. The zero-order valence-corrected chi connectivity index (χ0v) is 73.4. The number of likely N-dealkylation sites (tertiary alicyclic amines) is 1. The molecule has 0 bridgehead atoms. The molecule has 2 unspecified atom stereocenters. The van der Waals surface area contributed by atoms with E-state index in [-0.39, 0.29) is 122 Å². The Morgan fingerprint density at radius 3 is 1.92 bits per heavy atom. The van der Waals surface area contributed by atoms with Crippen LogP contribution in [0.4, 0.5) is 0 Å². The summed E-state index contributed by atoms with van der Waals surface area (Å²) in [5, 5.41) is 88.1. The van der Waals surface area contributed by atoms with Crippen molar-refractivity contribution in [3.05, 3.63) is 59.4 Å². The molecule has 684 valence electrons. The first-order valence-corrected chi connectivity index (χ1v) is 42.9. The van der Waals surface area contributed by atoms with Gasteiger partial charge in [0, 0.05) is 60.4 Å². The largest absolute Gasteiger partial charge is 0.394 e. The van der Waals surface area contributed by atoms with Crippen LogP contribution in [-0.4, -0.2) is 330 Å². The molecule has 10 amide bonds. The summed E-state index contributed by atoms with van der Waals surface area (Å²) < 4.78 is 47.6. The predicted octanol–water partition coefficient (Wildman–Crippen LogP) is 0.797. The van der Waals surface area contributed by atoms with Crippen LogP contribution >= 0.6 is 0 Å². The average Bonchev–Trinajstić information content (AvgIpc) is 1.70. The van der Waals surface area contributed by atoms with Crippen molar-refractivity contribution in [2.75, 3.05) is 114 Å². The highest BCUT2D eigenvalue weighted by Crippen LogP contribution is 2.36. The molecule has 121 heavy (non-hydrogen) atoms. The number of methoxy groups -OCH3 is 2. The fourth-order valence-corrected chi connectivity index (χ4v) is 15.9. The Morgan fingerprint density at radius 1 is 0.669 bits per heavy atom. The zero-order valence-electron chi connectivity index (χ0n) is 73.4. The number of likely N-dealkylation sites (N-methyl/N-ethyl adjacent to an activating group) is 2. The van der Waals surface area contributed by atoms with Crippen LogP contribution in [0.25, 0.3) is 0 Å². The summed E-state index contributed by atoms with van der Waals surface area (Å²) in [4.78, 5) is 146. The van der Waals surface area contributed by atoms with Gasteiger partial charge in [-0.3, -0.25) is 47.9 Å². The average molecular weight is 1720 g/mol. The molecule has 0 saturated carbocycles. The number of aliphatic hydroxyl groups excluding tert-OH is 6. The Labute approximate surface area is 711 Å². The number of hydrogen-bond acceptors (Lipinski definition) is 26. The van der Waals surface area contributed by atoms with E-state index >= 15 is 4.79 Å². The van der Waals surface area contributed by atoms with E-state index in [1.165, 1.54) is 59.7 Å². The summed E-state index contributed by atoms with van der Waals surface area (Å²) in [7, 11) is 6.02. The number of amides is 10. The summed E-state index contributed by atoms with van der Waals surface area (Å²) in [6.07, 6.45) is -3.33. The van der Waals surface area contributed by atoms with Crippen molar-refractivity contribution >= 4 is 59.1 Å². The molecule has 2 aromatic rings. The Balaban J connectivity index is 1.05. The number of unbranched alkanes of at least 4 members (excludes halogenated alkanes) is 1. The summed E-state index contributed by atoms with van der Waals surface area (Å²) in [6, 6.07) is 1.20. The maximum atomic E-state index is 15.0. The van der Waals surface area contributed by atoms with Gasteiger partial charge in [0.15, 0.2) is 6.23 Å². The number of carbonyl (C=O) groups excluding carboxylic acids is 10. The molecule has 2 fully saturated rings. The third kappa shape index (κ3) is 29.7. The third-order valence-corrected chi connectivity index (χ3v) is 23.1. The number of carbonyl (C=O) groups is 10. The number of aliphatic hydroxyl groups is 6. The molecule has 1 aromatic heterocycles. The molecule has 1 aliphatic carbocycles. The molecule has 0 radical (unpaired) electrons. The highest BCUT2D eigenvalue weighted by molar-refractivity contribution is 5.97. The normalized spacial score (nSPS) is 22.4. The molecule has 3 aliphatic heterocycles. The van der Waals surface area contributed by atoms with Gasteiger partial charge in [0.1, 0.15) is 79.3 Å². The third-order valence-electron chi connectivity index (χ3n) is 23.1. The minimum Gasteiger partial charge on any atom is -0.394 e. The van der Waals surface area contributed by atoms with Crippen molar-refractivity contribution in [2.24, 2.45) is 29.6 Å². The van der Waals surface area contributed by atoms with E-state index in [1.54, 1.807) is 79.5 Å². The second-order valence-electron chi connectivity index (χ2n) is 33.0. The van der Waals surface area contributed by atoms with E-state index < -0.39 is 181 Å². The first kappa shape index (κ1) is 102. The van der Waals surface area contributed by atoms with E-state index in [0.29, 0.717) is 62.0 Å². The van der Waals surface area contributed by atoms with Gasteiger partial charge < -0.3 is 120 Å². The Morgan fingerprint density at radius 2 is 1.31 bits per heavy atom. The second kappa shape index (κ2) is 51.5. The number of fused-ring (bicyclic) bond motifs is 1. The standard InChI is InChI=1S/C84H139N13O24/c1-16-52(8)72(61(114-14)46-67(103)95-36-25-30-59(95)77(115-15)53(9)78(108)86-54(10)73(104)56-26-19-17-20-27-56)94(13)83(113)69(50(4)5)90-81(111)71(51(6)7)93(12)82(112)55(11)87-80(110)68(49(2)3)89-79(109)57(88-63(99)34-38-116-40-42-118-44-45-119-43-41-117-39-37-96-65(101)32-33-66(96)102)28-23-24-35-85-64(100)48-120-60-31-22-18-21-29-58-70(60)91-92-97(58)84-76(107)75(106)74(105)62(47-98)121-84/h17,19-20,26-27,32-33,49-55,57,59-62,65,68-69,71-77,84,98,101,104-107H,16,18,21-25,28-31,34-48H2,1-15H3,(H,85,100)(H,86,108)(H,87,110)(H,88,99)(H,89,109)(H,90,111)/t52-,53+,54+,55-,57+,59-,60?,61+,62+,65?,68-,69-,71-,72-,73+,74-,75-,76+,77+,84+/m0/s1. The minimum absolute atomic E-state index is 0.0438. The van der Waals surface area contributed by atoms with Crippen LogP contribution in [0.5, 0.6) is 0 Å². The lowest BCUT2D eigenvalue weighted by Gasteiger charge is -2.41. The van der Waals surface area contributed by atoms with E-state index in [4.69, 9.17) is 37.9 Å². The van der Waals surface area contributed by atoms with Crippen LogP contribution in [0, 0.1) is 29.6 Å². The Kier molecular flexibility index (Phi) is 43.4. The van der Waals surface area contributed by atoms with Crippen LogP contribution in [0.3, 0.4) is 0 Å². The molecule has 1 aromatic carbocycles. The quantitative estimate of drug-likeness (QED) is 0.0408. The predicted molar refractivity (Wildman–Crippen MR) is 441 cm³/mol. The minimum atomic E-state index is -1.64. The molecule has 4 aliphatic rings. The molecule has 37 nitrogen and oxygen atoms in total. The van der Waals surface area contributed by atoms with Gasteiger partial charge in [-0.25, -0.2) is 4.68 Å². The van der Waals surface area contributed by atoms with Crippen LogP contribution in [0.1, 0.15) is 189 Å². The van der Waals surface area contributed by atoms with Gasteiger partial charge in [0.25, 0.3) is 0 Å². The van der Waals surface area contributed by atoms with Gasteiger partial charge in [0.2, 0.25) is 59.1 Å². The van der Waals surface area contributed by atoms with Crippen LogP contribution in [0.15, 0.2) is 42.5 Å². The van der Waals surface area contributed by atoms with Gasteiger partial charge in [-0.15, -0.1) is 5.10 Å². The van der Waals surface area contributed by atoms with Gasteiger partial charge in [-0.05, 0) is 101 Å². The summed E-state index contributed by atoms with van der Waals surface area (Å²) in [5.41, 5.74) is 1.61. The topological polar surface area (TPSA) is 482 Å². The number of nitrogens with zero attached hydrogens (tertiary/aromatic N) is 7. The molecule has 37 heteroatoms. The van der Waals surface area contributed by atoms with E-state index in [0.717, 1.165) is 19.3 Å². The van der Waals surface area contributed by atoms with Gasteiger partial charge >= 0.3 is 0 Å². The van der Waals surface area contributed by atoms with Gasteiger partial charge in [-0.1, -0.05) is 117 Å². The van der Waals surface area contributed by atoms with Crippen molar-refractivity contribution in [1.82, 2.24) is 66.5 Å². The molecule has 12 N–H and O–H groups in total. The maximum absolute atomic E-state index is 15.0. The first-order chi connectivity index (χ1) is 57.6. The zero-order chi connectivity index (χ0) is 89.3. The molecular formula is C84H139N13O24. The SMILES string of the molecule is CC[C@H](C)[C@@H]([C@@H](CC(=O)N1CCC[C@H]1[C@H](OC)[C@@H](C)C(=O)N[C@H](C)[C@@H](O)c1ccccc1)OC)N(C)C(=O)[C@@H](NC(=O)[C@H](C(C)C)N(C)C(=O)[C@H](C)NC(=O)[C@@H](NC(=O)[C@@H](CCCCNC(=O)COC1CCCCCc2c1nnn2[C@@H]1O[C@H](CO)[C@H](O)[C@H](O)[C@H]1O)NC(=O)CCOCCOCCOCCOCCN1C(=O)C=CC1O)C(C)C)C(C)C. The first-order valence-electron chi connectivity index (χ1n) is 42.9. The van der Waals surface area contributed by atoms with Crippen molar-refractivity contribution in [1.29, 1.82) is 0 Å². The summed E-state index contributed by atoms with van der Waals surface area (Å²) in [6.45, 7) is 20.5. The molecule has 2 saturated heterocycles. The number of rotatable bonds is 52. The van der Waals surface area contributed by atoms with Crippen LogP contribution in [-0.2, 0) is 92.3 Å². The Hall–Kier alpha value is -7.76. The Bertz CT molecular complexity index is 3600. The van der Waals surface area contributed by atoms with Gasteiger partial charge in [-0.2, -0.15) is 0 Å². The van der Waals surface area contributed by atoms with E-state index in [2.05, 4.69) is 42.2 Å². The number of hydrogen-bond donors (Lipinski definition) is 12. The lowest BCUT2D eigenvalue weighted by Crippen LogP contribution is -2.62. The number of ether oxygens (including phenoxy) is 8. The number of nitrogens with one attached hydrogen (secondary N) is 6.